The average Bonchev–Trinajstić information content (AvgIpc) is 3.12. The maximum atomic E-state index is 11.4. The largest absolute Gasteiger partial charge is 0.383 e. The highest BCUT2D eigenvalue weighted by molar-refractivity contribution is 7.12. The Morgan fingerprint density at radius 3 is 2.90 bits per heavy atom. The molecule has 108 valence electrons. The van der Waals surface area contributed by atoms with Crippen molar-refractivity contribution in [2.75, 3.05) is 6.54 Å². The van der Waals surface area contributed by atoms with E-state index in [1.807, 2.05) is 35.9 Å². The van der Waals surface area contributed by atoms with Crippen molar-refractivity contribution in [3.05, 3.63) is 44.3 Å². The number of carbonyl (C=O) groups is 1. The van der Waals surface area contributed by atoms with Crippen LogP contribution < -0.4 is 10.6 Å². The molecule has 3 N–H and O–H groups in total. The summed E-state index contributed by atoms with van der Waals surface area (Å²) in [7, 11) is 0. The second kappa shape index (κ2) is 7.42. The summed E-state index contributed by atoms with van der Waals surface area (Å²) in [6.45, 7) is 3.17. The zero-order valence-electron chi connectivity index (χ0n) is 11.3. The summed E-state index contributed by atoms with van der Waals surface area (Å²) < 4.78 is 0. The Balaban J connectivity index is 1.88. The zero-order chi connectivity index (χ0) is 14.4. The number of aliphatic hydroxyl groups is 1. The van der Waals surface area contributed by atoms with E-state index in [9.17, 15) is 9.90 Å². The van der Waals surface area contributed by atoms with Crippen LogP contribution in [0.4, 0.5) is 4.79 Å². The molecule has 0 fully saturated rings. The zero-order valence-corrected chi connectivity index (χ0v) is 12.9. The van der Waals surface area contributed by atoms with Crippen molar-refractivity contribution in [2.45, 2.75) is 26.0 Å². The first-order chi connectivity index (χ1) is 9.70. The van der Waals surface area contributed by atoms with E-state index in [2.05, 4.69) is 10.6 Å². The molecule has 2 amide bonds. The third kappa shape index (κ3) is 4.06. The fraction of sp³-hybridized carbons (Fsp3) is 0.357. The van der Waals surface area contributed by atoms with Crippen LogP contribution in [0.25, 0.3) is 0 Å². The Morgan fingerprint density at radius 1 is 1.35 bits per heavy atom. The Kier molecular flexibility index (Phi) is 5.58. The number of thiophene rings is 2. The Bertz CT molecular complexity index is 537. The van der Waals surface area contributed by atoms with Crippen LogP contribution in [0.5, 0.6) is 0 Å². The molecule has 6 heteroatoms. The van der Waals surface area contributed by atoms with Crippen molar-refractivity contribution in [1.82, 2.24) is 10.6 Å². The van der Waals surface area contributed by atoms with E-state index in [1.54, 1.807) is 11.3 Å². The molecule has 0 aliphatic heterocycles. The smallest absolute Gasteiger partial charge is 0.315 e. The summed E-state index contributed by atoms with van der Waals surface area (Å²) >= 11 is 3.09. The van der Waals surface area contributed by atoms with E-state index in [4.69, 9.17) is 0 Å². The highest BCUT2D eigenvalue weighted by Gasteiger charge is 2.13. The molecule has 4 nitrogen and oxygen atoms in total. The number of aliphatic hydroxyl groups excluding tert-OH is 1. The molecule has 0 saturated heterocycles. The number of carbonyl (C=O) groups excluding carboxylic acids is 1. The number of hydrogen-bond acceptors (Lipinski definition) is 4. The summed E-state index contributed by atoms with van der Waals surface area (Å²) in [5, 5.41) is 19.7. The van der Waals surface area contributed by atoms with Crippen LogP contribution in [0.15, 0.2) is 29.0 Å². The van der Waals surface area contributed by atoms with E-state index in [0.717, 1.165) is 21.7 Å². The van der Waals surface area contributed by atoms with Gasteiger partial charge in [0.2, 0.25) is 0 Å². The van der Waals surface area contributed by atoms with Gasteiger partial charge in [-0.1, -0.05) is 6.92 Å². The molecule has 2 aromatic rings. The normalized spacial score (nSPS) is 12.1. The molecule has 0 spiro atoms. The van der Waals surface area contributed by atoms with Crippen LogP contribution in [0.3, 0.4) is 0 Å². The van der Waals surface area contributed by atoms with Gasteiger partial charge in [0.25, 0.3) is 0 Å². The third-order valence-corrected chi connectivity index (χ3v) is 4.61. The van der Waals surface area contributed by atoms with E-state index < -0.39 is 6.10 Å². The van der Waals surface area contributed by atoms with Gasteiger partial charge in [0.05, 0.1) is 6.54 Å². The minimum Gasteiger partial charge on any atom is -0.383 e. The summed E-state index contributed by atoms with van der Waals surface area (Å²) in [6, 6.07) is 5.62. The van der Waals surface area contributed by atoms with Crippen molar-refractivity contribution in [3.8, 4) is 0 Å². The number of nitrogens with one attached hydrogen (secondary N) is 2. The topological polar surface area (TPSA) is 61.4 Å². The van der Waals surface area contributed by atoms with Gasteiger partial charge in [0.15, 0.2) is 0 Å². The van der Waals surface area contributed by atoms with Gasteiger partial charge in [-0.25, -0.2) is 4.79 Å². The first-order valence-corrected chi connectivity index (χ1v) is 8.27. The lowest BCUT2D eigenvalue weighted by molar-refractivity contribution is 0.224. The van der Waals surface area contributed by atoms with Crippen LogP contribution in [0.2, 0.25) is 0 Å². The molecule has 20 heavy (non-hydrogen) atoms. The molecule has 0 aromatic carbocycles. The maximum Gasteiger partial charge on any atom is 0.315 e. The Morgan fingerprint density at radius 2 is 2.20 bits per heavy atom. The van der Waals surface area contributed by atoms with Gasteiger partial charge < -0.3 is 15.7 Å². The maximum absolute atomic E-state index is 11.4. The first-order valence-electron chi connectivity index (χ1n) is 6.51. The van der Waals surface area contributed by atoms with Crippen molar-refractivity contribution in [2.24, 2.45) is 0 Å². The van der Waals surface area contributed by atoms with Gasteiger partial charge >= 0.3 is 6.03 Å². The second-order valence-corrected chi connectivity index (χ2v) is 6.35. The fourth-order valence-corrected chi connectivity index (χ4v) is 3.35. The predicted octanol–water partition coefficient (Wildman–Crippen LogP) is 3.10. The molecule has 0 saturated carbocycles. The van der Waals surface area contributed by atoms with Crippen LogP contribution in [-0.2, 0) is 6.54 Å². The number of hydrogen-bond donors (Lipinski definition) is 3. The average molecular weight is 310 g/mol. The van der Waals surface area contributed by atoms with Crippen molar-refractivity contribution in [3.63, 3.8) is 0 Å². The van der Waals surface area contributed by atoms with Crippen molar-refractivity contribution >= 4 is 28.7 Å². The van der Waals surface area contributed by atoms with Gasteiger partial charge in [-0.2, -0.15) is 11.3 Å². The molecular formula is C14H18N2O2S2. The molecule has 2 heterocycles. The SMILES string of the molecule is CCCNC(=O)NCc1ccc(C(O)c2ccsc2)s1. The molecule has 0 radical (unpaired) electrons. The summed E-state index contributed by atoms with van der Waals surface area (Å²) in [5.74, 6) is 0. The minimum atomic E-state index is -0.575. The Hall–Kier alpha value is -1.37. The lowest BCUT2D eigenvalue weighted by atomic mass is 10.2. The molecule has 0 bridgehead atoms. The standard InChI is InChI=1S/C14H18N2O2S2/c1-2-6-15-14(18)16-8-11-3-4-12(20-11)13(17)10-5-7-19-9-10/h3-5,7,9,13,17H,2,6,8H2,1H3,(H2,15,16,18). The van der Waals surface area contributed by atoms with Crippen molar-refractivity contribution in [1.29, 1.82) is 0 Å². The molecule has 2 aromatic heterocycles. The van der Waals surface area contributed by atoms with Crippen LogP contribution in [0, 0.1) is 0 Å². The quantitative estimate of drug-likeness (QED) is 0.768. The molecule has 1 atom stereocenters. The molecule has 2 rings (SSSR count). The van der Waals surface area contributed by atoms with Gasteiger partial charge in [0.1, 0.15) is 6.10 Å². The summed E-state index contributed by atoms with van der Waals surface area (Å²) in [4.78, 5) is 13.4. The number of amides is 2. The van der Waals surface area contributed by atoms with E-state index in [1.165, 1.54) is 11.3 Å². The third-order valence-electron chi connectivity index (χ3n) is 2.77. The highest BCUT2D eigenvalue weighted by atomic mass is 32.1. The van der Waals surface area contributed by atoms with E-state index in [-0.39, 0.29) is 6.03 Å². The molecule has 0 aliphatic carbocycles. The van der Waals surface area contributed by atoms with Gasteiger partial charge in [-0.15, -0.1) is 11.3 Å². The summed E-state index contributed by atoms with van der Waals surface area (Å²) in [6.07, 6.45) is 0.345. The van der Waals surface area contributed by atoms with Crippen molar-refractivity contribution < 1.29 is 9.90 Å². The summed E-state index contributed by atoms with van der Waals surface area (Å²) in [5.41, 5.74) is 0.914. The number of rotatable bonds is 6. The minimum absolute atomic E-state index is 0.153. The Labute approximate surface area is 126 Å². The lowest BCUT2D eigenvalue weighted by Gasteiger charge is -2.06. The van der Waals surface area contributed by atoms with Crippen LogP contribution in [0.1, 0.15) is 34.8 Å². The van der Waals surface area contributed by atoms with Crippen LogP contribution >= 0.6 is 22.7 Å². The van der Waals surface area contributed by atoms with Gasteiger partial charge in [0, 0.05) is 16.3 Å². The lowest BCUT2D eigenvalue weighted by Crippen LogP contribution is -2.35. The fourth-order valence-electron chi connectivity index (χ4n) is 1.70. The van der Waals surface area contributed by atoms with E-state index in [0.29, 0.717) is 13.1 Å². The van der Waals surface area contributed by atoms with Gasteiger partial charge in [-0.3, -0.25) is 0 Å². The van der Waals surface area contributed by atoms with E-state index >= 15 is 0 Å². The predicted molar refractivity (Wildman–Crippen MR) is 83.2 cm³/mol. The molecule has 0 aliphatic rings. The monoisotopic (exact) mass is 310 g/mol. The highest BCUT2D eigenvalue weighted by Crippen LogP contribution is 2.29. The van der Waals surface area contributed by atoms with Gasteiger partial charge in [-0.05, 0) is 40.9 Å². The molecule has 1 unspecified atom stereocenters. The van der Waals surface area contributed by atoms with Crippen LogP contribution in [-0.4, -0.2) is 17.7 Å². The number of urea groups is 1. The second-order valence-electron chi connectivity index (χ2n) is 4.37. The molecular weight excluding hydrogens is 292 g/mol. The first kappa shape index (κ1) is 15.0.